The lowest BCUT2D eigenvalue weighted by molar-refractivity contribution is -0.383. The maximum Gasteiger partial charge on any atom is 0.292 e. The van der Waals surface area contributed by atoms with Gasteiger partial charge in [0.25, 0.3) is 11.6 Å². The van der Waals surface area contributed by atoms with E-state index < -0.39 is 10.5 Å². The van der Waals surface area contributed by atoms with Crippen LogP contribution in [0, 0.1) is 10.1 Å². The fourth-order valence-electron chi connectivity index (χ4n) is 2.40. The lowest BCUT2D eigenvalue weighted by atomic mass is 9.93. The summed E-state index contributed by atoms with van der Waals surface area (Å²) in [5, 5.41) is 23.5. The van der Waals surface area contributed by atoms with Crippen LogP contribution in [0.15, 0.2) is 18.2 Å². The van der Waals surface area contributed by atoms with Gasteiger partial charge < -0.3 is 15.3 Å². The molecule has 0 atom stereocenters. The second-order valence-corrected chi connectivity index (χ2v) is 5.53. The molecule has 1 aliphatic heterocycles. The van der Waals surface area contributed by atoms with Gasteiger partial charge in [0, 0.05) is 31.8 Å². The van der Waals surface area contributed by atoms with E-state index in [4.69, 9.17) is 0 Å². The molecule has 0 aromatic heterocycles. The minimum atomic E-state index is -0.720. The summed E-state index contributed by atoms with van der Waals surface area (Å²) in [5.74, 6) is -0.170. The molecule has 1 aromatic rings. The molecular formula is C14H19N3O4. The van der Waals surface area contributed by atoms with Crippen LogP contribution in [0.4, 0.5) is 11.4 Å². The molecule has 0 spiro atoms. The van der Waals surface area contributed by atoms with Crippen LogP contribution in [-0.4, -0.2) is 46.6 Å². The summed E-state index contributed by atoms with van der Waals surface area (Å²) in [4.78, 5) is 24.5. The standard InChI is InChI=1S/C14H19N3O4/c1-14(19)5-7-16(8-6-14)13(18)10-3-4-12(17(20)21)11(9-10)15-2/h3-4,9,15,19H,5-8H2,1-2H3. The van der Waals surface area contributed by atoms with Crippen LogP contribution in [-0.2, 0) is 0 Å². The van der Waals surface area contributed by atoms with Crippen molar-refractivity contribution >= 4 is 17.3 Å². The molecule has 0 saturated carbocycles. The minimum Gasteiger partial charge on any atom is -0.390 e. The Labute approximate surface area is 122 Å². The van der Waals surface area contributed by atoms with E-state index in [-0.39, 0.29) is 11.6 Å². The minimum absolute atomic E-state index is 0.0596. The topological polar surface area (TPSA) is 95.7 Å². The first-order chi connectivity index (χ1) is 9.84. The number of nitrogens with one attached hydrogen (secondary N) is 1. The smallest absolute Gasteiger partial charge is 0.292 e. The Hall–Kier alpha value is -2.15. The predicted octanol–water partition coefficient (Wildman–Crippen LogP) is 1.62. The van der Waals surface area contributed by atoms with E-state index in [0.29, 0.717) is 37.2 Å². The van der Waals surface area contributed by atoms with Gasteiger partial charge in [-0.3, -0.25) is 14.9 Å². The molecule has 0 radical (unpaired) electrons. The van der Waals surface area contributed by atoms with Gasteiger partial charge in [0.2, 0.25) is 0 Å². The van der Waals surface area contributed by atoms with Crippen LogP contribution in [0.1, 0.15) is 30.1 Å². The number of aliphatic hydroxyl groups is 1. The van der Waals surface area contributed by atoms with E-state index in [2.05, 4.69) is 5.32 Å². The number of benzene rings is 1. The zero-order valence-electron chi connectivity index (χ0n) is 12.1. The van der Waals surface area contributed by atoms with Gasteiger partial charge in [-0.2, -0.15) is 0 Å². The third-order valence-electron chi connectivity index (χ3n) is 3.84. The Morgan fingerprint density at radius 2 is 2.05 bits per heavy atom. The molecule has 0 aliphatic carbocycles. The summed E-state index contributed by atoms with van der Waals surface area (Å²) in [6.45, 7) is 2.73. The third-order valence-corrected chi connectivity index (χ3v) is 3.84. The number of nitro groups is 1. The summed E-state index contributed by atoms with van der Waals surface area (Å²) in [6.07, 6.45) is 1.06. The van der Waals surface area contributed by atoms with Crippen molar-refractivity contribution in [1.82, 2.24) is 4.90 Å². The van der Waals surface area contributed by atoms with Crippen molar-refractivity contribution in [3.05, 3.63) is 33.9 Å². The number of nitrogens with zero attached hydrogens (tertiary/aromatic N) is 2. The van der Waals surface area contributed by atoms with Crippen molar-refractivity contribution in [1.29, 1.82) is 0 Å². The second kappa shape index (κ2) is 5.69. The van der Waals surface area contributed by atoms with Gasteiger partial charge >= 0.3 is 0 Å². The number of piperidine rings is 1. The van der Waals surface area contributed by atoms with Gasteiger partial charge in [0.1, 0.15) is 5.69 Å². The molecule has 1 amide bonds. The summed E-state index contributed by atoms with van der Waals surface area (Å²) < 4.78 is 0. The van der Waals surface area contributed by atoms with Crippen LogP contribution in [0.5, 0.6) is 0 Å². The number of carbonyl (C=O) groups excluding carboxylic acids is 1. The fourth-order valence-corrected chi connectivity index (χ4v) is 2.40. The number of hydrogen-bond donors (Lipinski definition) is 2. The normalized spacial score (nSPS) is 17.4. The number of hydrogen-bond acceptors (Lipinski definition) is 5. The molecule has 0 unspecified atom stereocenters. The van der Waals surface area contributed by atoms with E-state index in [1.807, 2.05) is 0 Å². The van der Waals surface area contributed by atoms with Crippen LogP contribution in [0.3, 0.4) is 0 Å². The first kappa shape index (κ1) is 15.2. The first-order valence-electron chi connectivity index (χ1n) is 6.82. The average molecular weight is 293 g/mol. The van der Waals surface area contributed by atoms with Crippen LogP contribution in [0.2, 0.25) is 0 Å². The Balaban J connectivity index is 2.18. The first-order valence-corrected chi connectivity index (χ1v) is 6.82. The highest BCUT2D eigenvalue weighted by molar-refractivity contribution is 5.96. The Morgan fingerprint density at radius 3 is 2.57 bits per heavy atom. The number of rotatable bonds is 3. The quantitative estimate of drug-likeness (QED) is 0.652. The molecule has 0 bridgehead atoms. The van der Waals surface area contributed by atoms with E-state index in [1.54, 1.807) is 18.9 Å². The van der Waals surface area contributed by atoms with E-state index in [0.717, 1.165) is 0 Å². The summed E-state index contributed by atoms with van der Waals surface area (Å²) >= 11 is 0. The number of amides is 1. The highest BCUT2D eigenvalue weighted by Crippen LogP contribution is 2.27. The molecule has 1 heterocycles. The summed E-state index contributed by atoms with van der Waals surface area (Å²) in [7, 11) is 1.58. The van der Waals surface area contributed by atoms with Crippen LogP contribution >= 0.6 is 0 Å². The zero-order valence-corrected chi connectivity index (χ0v) is 12.1. The van der Waals surface area contributed by atoms with Gasteiger partial charge in [-0.05, 0) is 31.9 Å². The molecule has 1 aromatic carbocycles. The molecular weight excluding hydrogens is 274 g/mol. The molecule has 1 aliphatic rings. The van der Waals surface area contributed by atoms with E-state index in [1.165, 1.54) is 18.2 Å². The molecule has 2 N–H and O–H groups in total. The van der Waals surface area contributed by atoms with Gasteiger partial charge in [0.15, 0.2) is 0 Å². The molecule has 7 heteroatoms. The molecule has 114 valence electrons. The number of anilines is 1. The van der Waals surface area contributed by atoms with Crippen molar-refractivity contribution in [2.45, 2.75) is 25.4 Å². The summed E-state index contributed by atoms with van der Waals surface area (Å²) in [5.41, 5.74) is -0.0560. The average Bonchev–Trinajstić information content (AvgIpc) is 2.45. The highest BCUT2D eigenvalue weighted by Gasteiger charge is 2.30. The molecule has 21 heavy (non-hydrogen) atoms. The third kappa shape index (κ3) is 3.30. The van der Waals surface area contributed by atoms with Gasteiger partial charge in [-0.25, -0.2) is 0 Å². The highest BCUT2D eigenvalue weighted by atomic mass is 16.6. The molecule has 2 rings (SSSR count). The van der Waals surface area contributed by atoms with Crippen molar-refractivity contribution < 1.29 is 14.8 Å². The van der Waals surface area contributed by atoms with Crippen LogP contribution < -0.4 is 5.32 Å². The number of nitro benzene ring substituents is 1. The lowest BCUT2D eigenvalue weighted by Gasteiger charge is -2.35. The molecule has 1 saturated heterocycles. The number of carbonyl (C=O) groups is 1. The van der Waals surface area contributed by atoms with Crippen molar-refractivity contribution in [2.75, 3.05) is 25.5 Å². The maximum atomic E-state index is 12.4. The second-order valence-electron chi connectivity index (χ2n) is 5.53. The Morgan fingerprint density at radius 1 is 1.43 bits per heavy atom. The largest absolute Gasteiger partial charge is 0.390 e. The zero-order chi connectivity index (χ0) is 15.6. The van der Waals surface area contributed by atoms with Gasteiger partial charge in [-0.1, -0.05) is 0 Å². The van der Waals surface area contributed by atoms with Gasteiger partial charge in [-0.15, -0.1) is 0 Å². The molecule has 1 fully saturated rings. The molecule has 7 nitrogen and oxygen atoms in total. The van der Waals surface area contributed by atoms with E-state index in [9.17, 15) is 20.0 Å². The van der Waals surface area contributed by atoms with Crippen molar-refractivity contribution in [3.8, 4) is 0 Å². The predicted molar refractivity (Wildman–Crippen MR) is 78.4 cm³/mol. The van der Waals surface area contributed by atoms with Crippen molar-refractivity contribution in [2.24, 2.45) is 0 Å². The van der Waals surface area contributed by atoms with E-state index >= 15 is 0 Å². The fraction of sp³-hybridized carbons (Fsp3) is 0.500. The lowest BCUT2D eigenvalue weighted by Crippen LogP contribution is -2.45. The maximum absolute atomic E-state index is 12.4. The van der Waals surface area contributed by atoms with Gasteiger partial charge in [0.05, 0.1) is 10.5 Å². The Bertz CT molecular complexity index is 561. The number of likely N-dealkylation sites (tertiary alicyclic amines) is 1. The van der Waals surface area contributed by atoms with Crippen molar-refractivity contribution in [3.63, 3.8) is 0 Å². The summed E-state index contributed by atoms with van der Waals surface area (Å²) in [6, 6.07) is 4.29. The SMILES string of the molecule is CNc1cc(C(=O)N2CCC(C)(O)CC2)ccc1[N+](=O)[O-]. The Kier molecular flexibility index (Phi) is 4.13. The van der Waals surface area contributed by atoms with Crippen LogP contribution in [0.25, 0.3) is 0 Å². The monoisotopic (exact) mass is 293 g/mol.